The Balaban J connectivity index is 1.84. The molecule has 0 saturated carbocycles. The Morgan fingerprint density at radius 3 is 2.79 bits per heavy atom. The quantitative estimate of drug-likeness (QED) is 0.841. The van der Waals surface area contributed by atoms with Crippen LogP contribution in [-0.4, -0.2) is 54.7 Å². The highest BCUT2D eigenvalue weighted by atomic mass is 32.2. The molecule has 0 atom stereocenters. The highest BCUT2D eigenvalue weighted by molar-refractivity contribution is 7.89. The molecule has 0 radical (unpaired) electrons. The van der Waals surface area contributed by atoms with E-state index in [0.29, 0.717) is 56.0 Å². The molecule has 2 heterocycles. The van der Waals surface area contributed by atoms with Gasteiger partial charge in [0.1, 0.15) is 5.52 Å². The number of rotatable bonds is 3. The van der Waals surface area contributed by atoms with Gasteiger partial charge in [0.15, 0.2) is 11.5 Å². The van der Waals surface area contributed by atoms with Crippen LogP contribution in [0.3, 0.4) is 0 Å². The minimum Gasteiger partial charge on any atom is -0.441 e. The van der Waals surface area contributed by atoms with Gasteiger partial charge in [0.05, 0.1) is 4.90 Å². The Morgan fingerprint density at radius 1 is 1.25 bits per heavy atom. The first kappa shape index (κ1) is 16.9. The van der Waals surface area contributed by atoms with E-state index in [1.165, 1.54) is 4.31 Å². The zero-order valence-corrected chi connectivity index (χ0v) is 14.7. The fourth-order valence-electron chi connectivity index (χ4n) is 2.94. The predicted octanol–water partition coefficient (Wildman–Crippen LogP) is 1.77. The first-order valence-electron chi connectivity index (χ1n) is 8.07. The van der Waals surface area contributed by atoms with Gasteiger partial charge < -0.3 is 9.32 Å². The molecule has 2 aromatic rings. The predicted molar refractivity (Wildman–Crippen MR) is 89.0 cm³/mol. The molecule has 1 aliphatic heterocycles. The van der Waals surface area contributed by atoms with E-state index in [4.69, 9.17) is 4.42 Å². The Bertz CT molecular complexity index is 859. The molecule has 0 unspecified atom stereocenters. The number of aromatic nitrogens is 1. The van der Waals surface area contributed by atoms with E-state index in [1.807, 2.05) is 6.92 Å². The van der Waals surface area contributed by atoms with Crippen molar-refractivity contribution in [2.45, 2.75) is 31.6 Å². The molecule has 24 heavy (non-hydrogen) atoms. The molecule has 1 aromatic heterocycles. The van der Waals surface area contributed by atoms with Gasteiger partial charge in [-0.15, -0.1) is 0 Å². The second-order valence-electron chi connectivity index (χ2n) is 5.85. The van der Waals surface area contributed by atoms with Crippen LogP contribution in [0, 0.1) is 6.92 Å². The molecule has 0 aliphatic carbocycles. The second-order valence-corrected chi connectivity index (χ2v) is 7.79. The monoisotopic (exact) mass is 351 g/mol. The van der Waals surface area contributed by atoms with E-state index in [9.17, 15) is 13.2 Å². The van der Waals surface area contributed by atoms with Crippen LogP contribution in [0.15, 0.2) is 27.5 Å². The summed E-state index contributed by atoms with van der Waals surface area (Å²) >= 11 is 0. The van der Waals surface area contributed by atoms with Crippen molar-refractivity contribution >= 4 is 27.0 Å². The number of nitrogens with zero attached hydrogens (tertiary/aromatic N) is 3. The third-order valence-corrected chi connectivity index (χ3v) is 6.11. The van der Waals surface area contributed by atoms with E-state index in [1.54, 1.807) is 30.0 Å². The molecule has 7 nitrogen and oxygen atoms in total. The molecule has 1 fully saturated rings. The van der Waals surface area contributed by atoms with Crippen LogP contribution in [0.2, 0.25) is 0 Å². The zero-order chi connectivity index (χ0) is 17.3. The van der Waals surface area contributed by atoms with Crippen LogP contribution in [0.1, 0.15) is 25.7 Å². The van der Waals surface area contributed by atoms with Crippen molar-refractivity contribution < 1.29 is 17.6 Å². The number of benzene rings is 1. The molecular weight excluding hydrogens is 330 g/mol. The summed E-state index contributed by atoms with van der Waals surface area (Å²) in [5, 5.41) is 0. The SMILES string of the molecule is CCC(=O)N1CCCN(S(=O)(=O)c2ccc3oc(C)nc3c2)CC1. The molecule has 1 saturated heterocycles. The van der Waals surface area contributed by atoms with E-state index < -0.39 is 10.0 Å². The Kier molecular flexibility index (Phi) is 4.60. The maximum atomic E-state index is 12.9. The van der Waals surface area contributed by atoms with Crippen molar-refractivity contribution in [1.82, 2.24) is 14.2 Å². The van der Waals surface area contributed by atoms with Crippen LogP contribution >= 0.6 is 0 Å². The number of fused-ring (bicyclic) bond motifs is 1. The van der Waals surface area contributed by atoms with Gasteiger partial charge in [0.2, 0.25) is 15.9 Å². The molecular formula is C16H21N3O4S. The van der Waals surface area contributed by atoms with Crippen LogP contribution < -0.4 is 0 Å². The van der Waals surface area contributed by atoms with Gasteiger partial charge in [0.25, 0.3) is 0 Å². The van der Waals surface area contributed by atoms with Crippen LogP contribution in [-0.2, 0) is 14.8 Å². The minimum absolute atomic E-state index is 0.0636. The van der Waals surface area contributed by atoms with Crippen LogP contribution in [0.4, 0.5) is 0 Å². The number of sulfonamides is 1. The number of carbonyl (C=O) groups is 1. The summed E-state index contributed by atoms with van der Waals surface area (Å²) in [6.07, 6.45) is 1.07. The second kappa shape index (κ2) is 6.52. The van der Waals surface area contributed by atoms with Crippen LogP contribution in [0.5, 0.6) is 0 Å². The number of hydrogen-bond donors (Lipinski definition) is 0. The molecule has 0 bridgehead atoms. The van der Waals surface area contributed by atoms with E-state index >= 15 is 0 Å². The molecule has 3 rings (SSSR count). The van der Waals surface area contributed by atoms with E-state index in [2.05, 4.69) is 4.98 Å². The highest BCUT2D eigenvalue weighted by Gasteiger charge is 2.28. The lowest BCUT2D eigenvalue weighted by molar-refractivity contribution is -0.130. The summed E-state index contributed by atoms with van der Waals surface area (Å²) in [5.74, 6) is 0.566. The summed E-state index contributed by atoms with van der Waals surface area (Å²) in [5.41, 5.74) is 1.10. The third kappa shape index (κ3) is 3.16. The summed E-state index contributed by atoms with van der Waals surface area (Å²) < 4.78 is 32.6. The van der Waals surface area contributed by atoms with Crippen molar-refractivity contribution in [2.75, 3.05) is 26.2 Å². The number of hydrogen-bond acceptors (Lipinski definition) is 5. The molecule has 130 valence electrons. The van der Waals surface area contributed by atoms with Crippen molar-refractivity contribution in [1.29, 1.82) is 0 Å². The molecule has 1 aliphatic rings. The zero-order valence-electron chi connectivity index (χ0n) is 13.9. The van der Waals surface area contributed by atoms with E-state index in [0.717, 1.165) is 0 Å². The minimum atomic E-state index is -3.61. The van der Waals surface area contributed by atoms with Crippen LogP contribution in [0.25, 0.3) is 11.1 Å². The van der Waals surface area contributed by atoms with Gasteiger partial charge in [-0.1, -0.05) is 6.92 Å². The average Bonchev–Trinajstić information content (AvgIpc) is 2.77. The topological polar surface area (TPSA) is 83.7 Å². The van der Waals surface area contributed by atoms with Crippen molar-refractivity contribution in [3.05, 3.63) is 24.1 Å². The molecule has 1 aromatic carbocycles. The lowest BCUT2D eigenvalue weighted by Gasteiger charge is -2.21. The van der Waals surface area contributed by atoms with E-state index in [-0.39, 0.29) is 10.8 Å². The fraction of sp³-hybridized carbons (Fsp3) is 0.500. The number of aryl methyl sites for hydroxylation is 1. The maximum absolute atomic E-state index is 12.9. The molecule has 0 spiro atoms. The van der Waals surface area contributed by atoms with Crippen molar-refractivity contribution in [3.63, 3.8) is 0 Å². The lowest BCUT2D eigenvalue weighted by atomic mass is 10.3. The van der Waals surface area contributed by atoms with Gasteiger partial charge in [-0.25, -0.2) is 13.4 Å². The first-order valence-corrected chi connectivity index (χ1v) is 9.51. The highest BCUT2D eigenvalue weighted by Crippen LogP contribution is 2.23. The number of carbonyl (C=O) groups excluding carboxylic acids is 1. The van der Waals surface area contributed by atoms with Crippen molar-refractivity contribution in [2.24, 2.45) is 0 Å². The maximum Gasteiger partial charge on any atom is 0.243 e. The smallest absolute Gasteiger partial charge is 0.243 e. The van der Waals surface area contributed by atoms with Gasteiger partial charge in [0, 0.05) is 39.5 Å². The summed E-state index contributed by atoms with van der Waals surface area (Å²) in [7, 11) is -3.61. The normalized spacial score (nSPS) is 17.2. The molecule has 1 amide bonds. The van der Waals surface area contributed by atoms with Gasteiger partial charge in [-0.05, 0) is 24.6 Å². The first-order chi connectivity index (χ1) is 11.4. The summed E-state index contributed by atoms with van der Waals surface area (Å²) in [6, 6.07) is 4.72. The average molecular weight is 351 g/mol. The molecule has 0 N–H and O–H groups in total. The lowest BCUT2D eigenvalue weighted by Crippen LogP contribution is -2.37. The van der Waals surface area contributed by atoms with Gasteiger partial charge in [-0.2, -0.15) is 4.31 Å². The van der Waals surface area contributed by atoms with Gasteiger partial charge in [-0.3, -0.25) is 4.79 Å². The van der Waals surface area contributed by atoms with Gasteiger partial charge >= 0.3 is 0 Å². The molecule has 8 heteroatoms. The standard InChI is InChI=1S/C16H21N3O4S/c1-3-16(20)18-7-4-8-19(10-9-18)24(21,22)13-5-6-15-14(11-13)17-12(2)23-15/h5-6,11H,3-4,7-10H2,1-2H3. The number of amides is 1. The fourth-order valence-corrected chi connectivity index (χ4v) is 4.43. The largest absolute Gasteiger partial charge is 0.441 e. The van der Waals surface area contributed by atoms with Crippen molar-refractivity contribution in [3.8, 4) is 0 Å². The Morgan fingerprint density at radius 2 is 2.04 bits per heavy atom. The summed E-state index contributed by atoms with van der Waals surface area (Å²) in [6.45, 7) is 5.28. The summed E-state index contributed by atoms with van der Waals surface area (Å²) in [4.78, 5) is 18.0. The third-order valence-electron chi connectivity index (χ3n) is 4.21. The number of oxazole rings is 1. The Hall–Kier alpha value is -1.93. The Labute approximate surface area is 141 Å².